The van der Waals surface area contributed by atoms with Crippen molar-refractivity contribution in [2.24, 2.45) is 11.8 Å². The van der Waals surface area contributed by atoms with Crippen molar-refractivity contribution in [3.8, 4) is 5.75 Å². The van der Waals surface area contributed by atoms with Crippen LogP contribution in [-0.4, -0.2) is 40.8 Å². The van der Waals surface area contributed by atoms with Crippen molar-refractivity contribution in [1.29, 1.82) is 0 Å². The van der Waals surface area contributed by atoms with Gasteiger partial charge in [0.25, 0.3) is 10.0 Å². The molecule has 2 aromatic rings. The molecular weight excluding hydrogens is 415 g/mol. The van der Waals surface area contributed by atoms with E-state index >= 15 is 0 Å². The van der Waals surface area contributed by atoms with E-state index in [-0.39, 0.29) is 23.3 Å². The van der Waals surface area contributed by atoms with Gasteiger partial charge in [-0.25, -0.2) is 12.8 Å². The van der Waals surface area contributed by atoms with Gasteiger partial charge in [-0.3, -0.25) is 4.31 Å². The lowest BCUT2D eigenvalue weighted by molar-refractivity contribution is 0.122. The van der Waals surface area contributed by atoms with Crippen LogP contribution in [0.3, 0.4) is 0 Å². The highest BCUT2D eigenvalue weighted by Crippen LogP contribution is 2.29. The third-order valence-corrected chi connectivity index (χ3v) is 7.36. The van der Waals surface area contributed by atoms with E-state index in [9.17, 15) is 12.8 Å². The average Bonchev–Trinajstić information content (AvgIpc) is 2.72. The Morgan fingerprint density at radius 3 is 2.48 bits per heavy atom. The summed E-state index contributed by atoms with van der Waals surface area (Å²) in [6.07, 6.45) is -0.191. The lowest BCUT2D eigenvalue weighted by atomic mass is 9.97. The molecule has 1 heterocycles. The van der Waals surface area contributed by atoms with Gasteiger partial charge < -0.3 is 10.1 Å². The Hall–Kier alpha value is -2.12. The minimum absolute atomic E-state index is 0.143. The molecule has 0 aliphatic carbocycles. The fourth-order valence-corrected chi connectivity index (χ4v) is 5.54. The molecule has 0 saturated carbocycles. The van der Waals surface area contributed by atoms with E-state index in [0.717, 1.165) is 24.1 Å². The standard InChI is InChI=1S/C24H33FN2O3S/c1-17(2)15-27(24-10-5-18(3)13-19(24)4)31(28,29)22-8-6-21(7-9-22)30-16-20-11-12-26-14-23(20)25/h5-10,13,17,20,23,26H,11-12,14-16H2,1-4H3/t20-,23-/m1/s1. The van der Waals surface area contributed by atoms with Crippen molar-refractivity contribution in [3.05, 3.63) is 53.6 Å². The molecule has 2 atom stereocenters. The first-order chi connectivity index (χ1) is 14.7. The zero-order valence-electron chi connectivity index (χ0n) is 18.8. The minimum Gasteiger partial charge on any atom is -0.493 e. The van der Waals surface area contributed by atoms with Crippen molar-refractivity contribution in [3.63, 3.8) is 0 Å². The van der Waals surface area contributed by atoms with E-state index in [1.165, 1.54) is 4.31 Å². The lowest BCUT2D eigenvalue weighted by Crippen LogP contribution is -2.40. The summed E-state index contributed by atoms with van der Waals surface area (Å²) in [5.74, 6) is 0.569. The maximum atomic E-state index is 14.0. The molecule has 1 fully saturated rings. The molecule has 2 aromatic carbocycles. The van der Waals surface area contributed by atoms with Crippen molar-refractivity contribution < 1.29 is 17.5 Å². The third kappa shape index (κ3) is 5.77. The molecule has 1 aliphatic heterocycles. The second-order valence-corrected chi connectivity index (χ2v) is 10.6. The van der Waals surface area contributed by atoms with E-state index in [4.69, 9.17) is 4.74 Å². The molecule has 31 heavy (non-hydrogen) atoms. The van der Waals surface area contributed by atoms with Crippen LogP contribution in [0.15, 0.2) is 47.4 Å². The number of benzene rings is 2. The molecule has 0 aromatic heterocycles. The van der Waals surface area contributed by atoms with Crippen molar-refractivity contribution in [1.82, 2.24) is 5.32 Å². The van der Waals surface area contributed by atoms with Gasteiger partial charge in [-0.05, 0) is 68.6 Å². The van der Waals surface area contributed by atoms with Gasteiger partial charge in [0.05, 0.1) is 17.2 Å². The summed E-state index contributed by atoms with van der Waals surface area (Å²) < 4.78 is 48.2. The van der Waals surface area contributed by atoms with Crippen LogP contribution >= 0.6 is 0 Å². The number of sulfonamides is 1. The molecule has 1 N–H and O–H groups in total. The summed E-state index contributed by atoms with van der Waals surface area (Å²) in [7, 11) is -3.74. The molecule has 3 rings (SSSR count). The predicted molar refractivity (Wildman–Crippen MR) is 123 cm³/mol. The van der Waals surface area contributed by atoms with Crippen molar-refractivity contribution in [2.45, 2.75) is 45.2 Å². The Morgan fingerprint density at radius 2 is 1.87 bits per heavy atom. The van der Waals surface area contributed by atoms with E-state index in [1.54, 1.807) is 24.3 Å². The van der Waals surface area contributed by atoms with Gasteiger partial charge in [0.15, 0.2) is 0 Å². The van der Waals surface area contributed by atoms with Gasteiger partial charge in [0.1, 0.15) is 11.9 Å². The van der Waals surface area contributed by atoms with Crippen molar-refractivity contribution in [2.75, 3.05) is 30.5 Å². The SMILES string of the molecule is Cc1ccc(N(CC(C)C)S(=O)(=O)c2ccc(OC[C@H]3CCNC[C@H]3F)cc2)c(C)c1. The summed E-state index contributed by atoms with van der Waals surface area (Å²) in [4.78, 5) is 0.214. The zero-order valence-corrected chi connectivity index (χ0v) is 19.6. The van der Waals surface area contributed by atoms with Gasteiger partial charge in [-0.15, -0.1) is 0 Å². The van der Waals surface area contributed by atoms with Crippen LogP contribution in [0.5, 0.6) is 5.75 Å². The van der Waals surface area contributed by atoms with Crippen molar-refractivity contribution >= 4 is 15.7 Å². The monoisotopic (exact) mass is 448 g/mol. The van der Waals surface area contributed by atoms with E-state index in [1.807, 2.05) is 45.9 Å². The Kier molecular flexibility index (Phi) is 7.59. The van der Waals surface area contributed by atoms with E-state index < -0.39 is 16.2 Å². The summed E-state index contributed by atoms with van der Waals surface area (Å²) in [5, 5.41) is 3.03. The van der Waals surface area contributed by atoms with Crippen LogP contribution in [0.1, 0.15) is 31.4 Å². The van der Waals surface area contributed by atoms with Gasteiger partial charge in [0, 0.05) is 19.0 Å². The third-order valence-electron chi connectivity index (χ3n) is 5.57. The van der Waals surface area contributed by atoms with Crippen LogP contribution in [0, 0.1) is 25.7 Å². The first kappa shape index (κ1) is 23.5. The first-order valence-electron chi connectivity index (χ1n) is 10.9. The maximum Gasteiger partial charge on any atom is 0.264 e. The van der Waals surface area contributed by atoms with Crippen LogP contribution in [-0.2, 0) is 10.0 Å². The summed E-state index contributed by atoms with van der Waals surface area (Å²) in [5.41, 5.74) is 2.71. The highest BCUT2D eigenvalue weighted by Gasteiger charge is 2.28. The fourth-order valence-electron chi connectivity index (χ4n) is 3.84. The van der Waals surface area contributed by atoms with Gasteiger partial charge in [0.2, 0.25) is 0 Å². The highest BCUT2D eigenvalue weighted by atomic mass is 32.2. The number of ether oxygens (including phenoxy) is 1. The van der Waals surface area contributed by atoms with Crippen LogP contribution < -0.4 is 14.4 Å². The summed E-state index contributed by atoms with van der Waals surface area (Å²) in [6.45, 7) is 9.75. The number of anilines is 1. The van der Waals surface area contributed by atoms with Gasteiger partial charge in [-0.2, -0.15) is 0 Å². The molecule has 1 aliphatic rings. The highest BCUT2D eigenvalue weighted by molar-refractivity contribution is 7.92. The number of aryl methyl sites for hydroxylation is 2. The number of hydrogen-bond donors (Lipinski definition) is 1. The molecule has 0 amide bonds. The second kappa shape index (κ2) is 10.0. The number of nitrogens with zero attached hydrogens (tertiary/aromatic N) is 1. The smallest absolute Gasteiger partial charge is 0.264 e. The minimum atomic E-state index is -3.74. The number of halogens is 1. The number of piperidine rings is 1. The van der Waals surface area contributed by atoms with Crippen LogP contribution in [0.2, 0.25) is 0 Å². The Morgan fingerprint density at radius 1 is 1.16 bits per heavy atom. The normalized spacial score (nSPS) is 19.4. The molecule has 7 heteroatoms. The summed E-state index contributed by atoms with van der Waals surface area (Å²) >= 11 is 0. The quantitative estimate of drug-likeness (QED) is 0.647. The average molecular weight is 449 g/mol. The summed E-state index contributed by atoms with van der Waals surface area (Å²) in [6, 6.07) is 12.2. The maximum absolute atomic E-state index is 14.0. The molecule has 0 bridgehead atoms. The predicted octanol–water partition coefficient (Wildman–Crippen LogP) is 4.48. The molecule has 5 nitrogen and oxygen atoms in total. The number of hydrogen-bond acceptors (Lipinski definition) is 4. The van der Waals surface area contributed by atoms with E-state index in [2.05, 4.69) is 5.32 Å². The van der Waals surface area contributed by atoms with Gasteiger partial charge >= 0.3 is 0 Å². The van der Waals surface area contributed by atoms with Gasteiger partial charge in [-0.1, -0.05) is 31.5 Å². The number of rotatable bonds is 8. The Labute approximate surface area is 185 Å². The number of nitrogens with one attached hydrogen (secondary N) is 1. The molecule has 0 radical (unpaired) electrons. The van der Waals surface area contributed by atoms with Crippen LogP contribution in [0.4, 0.5) is 10.1 Å². The first-order valence-corrected chi connectivity index (χ1v) is 12.3. The fraction of sp³-hybridized carbons (Fsp3) is 0.500. The second-order valence-electron chi connectivity index (χ2n) is 8.77. The molecule has 0 unspecified atom stereocenters. The number of alkyl halides is 1. The zero-order chi connectivity index (χ0) is 22.6. The van der Waals surface area contributed by atoms with Crippen LogP contribution in [0.25, 0.3) is 0 Å². The topological polar surface area (TPSA) is 58.6 Å². The Balaban J connectivity index is 1.79. The largest absolute Gasteiger partial charge is 0.493 e. The molecule has 170 valence electrons. The van der Waals surface area contributed by atoms with E-state index in [0.29, 0.717) is 24.5 Å². The Bertz CT molecular complexity index is 977. The molecular formula is C24H33FN2O3S. The molecule has 0 spiro atoms. The molecule has 1 saturated heterocycles. The lowest BCUT2D eigenvalue weighted by Gasteiger charge is -2.28.